The summed E-state index contributed by atoms with van der Waals surface area (Å²) in [6.07, 6.45) is 1.80. The van der Waals surface area contributed by atoms with E-state index in [0.717, 1.165) is 10.6 Å². The molecule has 0 unspecified atom stereocenters. The van der Waals surface area contributed by atoms with E-state index in [1.54, 1.807) is 6.07 Å². The molecule has 3 aromatic rings. The molecule has 1 aromatic heterocycles. The summed E-state index contributed by atoms with van der Waals surface area (Å²) >= 11 is 0. The summed E-state index contributed by atoms with van der Waals surface area (Å²) in [5.41, 5.74) is 1.37. The molecule has 3 rings (SSSR count). The average Bonchev–Trinajstić information content (AvgIpc) is 3.08. The molecule has 0 saturated carbocycles. The highest BCUT2D eigenvalue weighted by molar-refractivity contribution is 7.92. The number of hydrogen-bond acceptors (Lipinski definition) is 5. The van der Waals surface area contributed by atoms with Crippen LogP contribution in [0.5, 0.6) is 5.75 Å². The SMILES string of the molecule is CCCOc1cc2c(C(=O)NC)c(-c3ccc(F)cc3)oc2cc1N(C)S(C)(=O)=O. The molecular formula is C21H23FN2O5S. The molecule has 0 aliphatic carbocycles. The number of carbonyl (C=O) groups is 1. The third kappa shape index (κ3) is 4.11. The minimum Gasteiger partial charge on any atom is -0.491 e. The monoisotopic (exact) mass is 434 g/mol. The average molecular weight is 434 g/mol. The second-order valence-electron chi connectivity index (χ2n) is 6.79. The van der Waals surface area contributed by atoms with Crippen molar-refractivity contribution >= 4 is 32.6 Å². The van der Waals surface area contributed by atoms with Crippen molar-refractivity contribution in [1.29, 1.82) is 0 Å². The van der Waals surface area contributed by atoms with E-state index in [0.29, 0.717) is 41.0 Å². The quantitative estimate of drug-likeness (QED) is 0.611. The number of furan rings is 1. The highest BCUT2D eigenvalue weighted by Gasteiger charge is 2.25. The number of fused-ring (bicyclic) bond motifs is 1. The van der Waals surface area contributed by atoms with E-state index in [1.165, 1.54) is 44.4 Å². The molecule has 1 heterocycles. The smallest absolute Gasteiger partial charge is 0.255 e. The summed E-state index contributed by atoms with van der Waals surface area (Å²) in [6.45, 7) is 2.30. The van der Waals surface area contributed by atoms with E-state index in [1.807, 2.05) is 6.92 Å². The standard InChI is InChI=1S/C21H23FN2O5S/c1-5-10-28-18-11-15-17(12-16(18)24(3)30(4,26)27)29-20(19(15)21(25)23-2)13-6-8-14(22)9-7-13/h6-9,11-12H,5,10H2,1-4H3,(H,23,25). The van der Waals surface area contributed by atoms with Crippen LogP contribution in [0.4, 0.5) is 10.1 Å². The van der Waals surface area contributed by atoms with Gasteiger partial charge in [0.2, 0.25) is 10.0 Å². The van der Waals surface area contributed by atoms with E-state index in [9.17, 15) is 17.6 Å². The molecule has 0 aliphatic rings. The molecule has 7 nitrogen and oxygen atoms in total. The van der Waals surface area contributed by atoms with Crippen molar-refractivity contribution in [2.75, 3.05) is 31.3 Å². The summed E-state index contributed by atoms with van der Waals surface area (Å²) in [5.74, 6) is -0.235. The van der Waals surface area contributed by atoms with Crippen LogP contribution in [0.3, 0.4) is 0 Å². The first kappa shape index (κ1) is 21.6. The molecule has 0 aliphatic heterocycles. The first-order valence-corrected chi connectivity index (χ1v) is 11.2. The molecule has 160 valence electrons. The topological polar surface area (TPSA) is 88.8 Å². The van der Waals surface area contributed by atoms with Crippen molar-refractivity contribution in [2.45, 2.75) is 13.3 Å². The normalized spacial score (nSPS) is 11.5. The highest BCUT2D eigenvalue weighted by atomic mass is 32.2. The van der Waals surface area contributed by atoms with Gasteiger partial charge in [-0.15, -0.1) is 0 Å². The third-order valence-corrected chi connectivity index (χ3v) is 5.82. The van der Waals surface area contributed by atoms with Crippen LogP contribution in [0, 0.1) is 5.82 Å². The molecule has 0 saturated heterocycles. The summed E-state index contributed by atoms with van der Waals surface area (Å²) in [7, 11) is -0.651. The van der Waals surface area contributed by atoms with Crippen LogP contribution < -0.4 is 14.4 Å². The van der Waals surface area contributed by atoms with Crippen LogP contribution in [-0.2, 0) is 10.0 Å². The Morgan fingerprint density at radius 3 is 2.47 bits per heavy atom. The zero-order chi connectivity index (χ0) is 22.1. The summed E-state index contributed by atoms with van der Waals surface area (Å²) in [4.78, 5) is 12.7. The third-order valence-electron chi connectivity index (χ3n) is 4.63. The van der Waals surface area contributed by atoms with Gasteiger partial charge in [0.25, 0.3) is 5.91 Å². The lowest BCUT2D eigenvalue weighted by Crippen LogP contribution is -2.25. The molecule has 1 N–H and O–H groups in total. The van der Waals surface area contributed by atoms with Gasteiger partial charge in [0.1, 0.15) is 22.9 Å². The number of nitrogens with one attached hydrogen (secondary N) is 1. The van der Waals surface area contributed by atoms with Crippen molar-refractivity contribution in [3.8, 4) is 17.1 Å². The maximum atomic E-state index is 13.4. The van der Waals surface area contributed by atoms with Crippen LogP contribution in [0.25, 0.3) is 22.3 Å². The Hall–Kier alpha value is -3.07. The van der Waals surface area contributed by atoms with Crippen LogP contribution in [-0.4, -0.2) is 41.3 Å². The van der Waals surface area contributed by atoms with Crippen LogP contribution >= 0.6 is 0 Å². The Morgan fingerprint density at radius 1 is 1.23 bits per heavy atom. The van der Waals surface area contributed by atoms with Gasteiger partial charge in [-0.3, -0.25) is 9.10 Å². The van der Waals surface area contributed by atoms with E-state index in [-0.39, 0.29) is 11.3 Å². The molecule has 9 heteroatoms. The number of anilines is 1. The van der Waals surface area contributed by atoms with Gasteiger partial charge in [0.05, 0.1) is 24.1 Å². The molecule has 0 spiro atoms. The molecule has 30 heavy (non-hydrogen) atoms. The number of benzene rings is 2. The van der Waals surface area contributed by atoms with Gasteiger partial charge < -0.3 is 14.5 Å². The van der Waals surface area contributed by atoms with Crippen LogP contribution in [0.2, 0.25) is 0 Å². The second kappa shape index (κ2) is 8.35. The van der Waals surface area contributed by atoms with E-state index in [2.05, 4.69) is 5.32 Å². The Morgan fingerprint density at radius 2 is 1.90 bits per heavy atom. The van der Waals surface area contributed by atoms with Crippen molar-refractivity contribution < 1.29 is 26.8 Å². The zero-order valence-corrected chi connectivity index (χ0v) is 18.0. The molecule has 2 aromatic carbocycles. The molecule has 0 fully saturated rings. The lowest BCUT2D eigenvalue weighted by Gasteiger charge is -2.20. The number of rotatable bonds is 7. The van der Waals surface area contributed by atoms with Crippen molar-refractivity contribution in [3.05, 3.63) is 47.8 Å². The molecule has 0 bridgehead atoms. The fraction of sp³-hybridized carbons (Fsp3) is 0.286. The van der Waals surface area contributed by atoms with Crippen LogP contribution in [0.1, 0.15) is 23.7 Å². The highest BCUT2D eigenvalue weighted by Crippen LogP contribution is 2.40. The predicted octanol–water partition coefficient (Wildman–Crippen LogP) is 3.78. The minimum absolute atomic E-state index is 0.255. The largest absolute Gasteiger partial charge is 0.491 e. The predicted molar refractivity (Wildman–Crippen MR) is 114 cm³/mol. The van der Waals surface area contributed by atoms with Crippen LogP contribution in [0.15, 0.2) is 40.8 Å². The fourth-order valence-electron chi connectivity index (χ4n) is 3.02. The molecule has 0 atom stereocenters. The number of sulfonamides is 1. The fourth-order valence-corrected chi connectivity index (χ4v) is 3.52. The number of amides is 1. The Bertz CT molecular complexity index is 1190. The number of nitrogens with zero attached hydrogens (tertiary/aromatic N) is 1. The summed E-state index contributed by atoms with van der Waals surface area (Å²) < 4.78 is 50.4. The maximum absolute atomic E-state index is 13.4. The van der Waals surface area contributed by atoms with E-state index >= 15 is 0 Å². The maximum Gasteiger partial charge on any atom is 0.255 e. The number of halogens is 1. The molecule has 1 amide bonds. The number of ether oxygens (including phenoxy) is 1. The zero-order valence-electron chi connectivity index (χ0n) is 17.2. The number of carbonyl (C=O) groups excluding carboxylic acids is 1. The van der Waals surface area contributed by atoms with Gasteiger partial charge in [0.15, 0.2) is 0 Å². The van der Waals surface area contributed by atoms with Gasteiger partial charge >= 0.3 is 0 Å². The Kier molecular flexibility index (Phi) is 6.02. The van der Waals surface area contributed by atoms with Gasteiger partial charge in [-0.2, -0.15) is 0 Å². The van der Waals surface area contributed by atoms with E-state index in [4.69, 9.17) is 9.15 Å². The van der Waals surface area contributed by atoms with E-state index < -0.39 is 21.7 Å². The number of hydrogen-bond donors (Lipinski definition) is 1. The second-order valence-corrected chi connectivity index (χ2v) is 8.80. The summed E-state index contributed by atoms with van der Waals surface area (Å²) in [6, 6.07) is 8.70. The molecule has 0 radical (unpaired) electrons. The van der Waals surface area contributed by atoms with Crippen molar-refractivity contribution in [3.63, 3.8) is 0 Å². The lowest BCUT2D eigenvalue weighted by molar-refractivity contribution is 0.0964. The first-order chi connectivity index (χ1) is 14.2. The van der Waals surface area contributed by atoms with Crippen molar-refractivity contribution in [1.82, 2.24) is 5.32 Å². The first-order valence-electron chi connectivity index (χ1n) is 9.32. The van der Waals surface area contributed by atoms with Gasteiger partial charge in [-0.25, -0.2) is 12.8 Å². The van der Waals surface area contributed by atoms with Crippen molar-refractivity contribution in [2.24, 2.45) is 0 Å². The molecular weight excluding hydrogens is 411 g/mol. The Balaban J connectivity index is 2.31. The summed E-state index contributed by atoms with van der Waals surface area (Å²) in [5, 5.41) is 3.05. The van der Waals surface area contributed by atoms with Gasteiger partial charge in [0, 0.05) is 31.1 Å². The minimum atomic E-state index is -3.56. The lowest BCUT2D eigenvalue weighted by atomic mass is 10.0. The Labute approximate surface area is 174 Å². The van der Waals surface area contributed by atoms with Gasteiger partial charge in [-0.1, -0.05) is 6.92 Å². The van der Waals surface area contributed by atoms with Gasteiger partial charge in [-0.05, 0) is 36.8 Å².